The molecule has 4 heteroatoms. The van der Waals surface area contributed by atoms with Gasteiger partial charge in [0.2, 0.25) is 0 Å². The molecule has 1 aliphatic carbocycles. The maximum atomic E-state index is 12.1. The zero-order chi connectivity index (χ0) is 19.7. The van der Waals surface area contributed by atoms with Crippen molar-refractivity contribution in [1.29, 1.82) is 0 Å². The van der Waals surface area contributed by atoms with Crippen LogP contribution in [0.5, 0.6) is 0 Å². The number of aliphatic carboxylic acids is 1. The fourth-order valence-electron chi connectivity index (χ4n) is 4.24. The largest absolute Gasteiger partial charge is 0.481 e. The van der Waals surface area contributed by atoms with E-state index in [-0.39, 0.29) is 0 Å². The lowest BCUT2D eigenvalue weighted by Gasteiger charge is -2.21. The monoisotopic (exact) mass is 391 g/mol. The third kappa shape index (κ3) is 3.53. The molecule has 1 unspecified atom stereocenters. The zero-order valence-corrected chi connectivity index (χ0v) is 17.2. The Bertz CT molecular complexity index is 1030. The summed E-state index contributed by atoms with van der Waals surface area (Å²) < 4.78 is 0. The molecule has 2 aromatic carbocycles. The second-order valence-corrected chi connectivity index (χ2v) is 8.61. The van der Waals surface area contributed by atoms with Crippen molar-refractivity contribution in [2.45, 2.75) is 61.7 Å². The van der Waals surface area contributed by atoms with Gasteiger partial charge in [0.15, 0.2) is 0 Å². The average Bonchev–Trinajstić information content (AvgIpc) is 3.13. The number of hydrogen-bond acceptors (Lipinski definition) is 3. The fourth-order valence-corrected chi connectivity index (χ4v) is 5.44. The Morgan fingerprint density at radius 1 is 1.18 bits per heavy atom. The van der Waals surface area contributed by atoms with Crippen LogP contribution in [0.3, 0.4) is 0 Å². The van der Waals surface area contributed by atoms with Crippen LogP contribution in [0.15, 0.2) is 52.3 Å². The van der Waals surface area contributed by atoms with Crippen LogP contribution in [0.25, 0.3) is 10.9 Å². The molecular weight excluding hydrogens is 366 g/mol. The van der Waals surface area contributed by atoms with Crippen molar-refractivity contribution in [3.63, 3.8) is 0 Å². The van der Waals surface area contributed by atoms with Crippen molar-refractivity contribution >= 4 is 28.6 Å². The number of rotatable bonds is 6. The molecule has 144 valence electrons. The molecule has 0 aliphatic heterocycles. The Morgan fingerprint density at radius 2 is 1.89 bits per heavy atom. The number of fused-ring (bicyclic) bond motifs is 2. The molecule has 0 fully saturated rings. The van der Waals surface area contributed by atoms with Crippen LogP contribution in [-0.4, -0.2) is 16.1 Å². The highest BCUT2D eigenvalue weighted by molar-refractivity contribution is 7.99. The van der Waals surface area contributed by atoms with Crippen molar-refractivity contribution in [2.24, 2.45) is 0 Å². The minimum atomic E-state index is -0.762. The lowest BCUT2D eigenvalue weighted by atomic mass is 9.91. The molecule has 1 aliphatic rings. The first-order valence-electron chi connectivity index (χ1n) is 10.00. The standard InChI is InChI=1S/C24H25NO2S/c1-3-8-19(24(26)27)22-15(2)25-21-14-17-10-7-9-16(17)13-20(21)23(22)28-18-11-5-4-6-12-18/h4-6,11-14,19H,3,7-10H2,1-2H3,(H,26,27). The molecule has 1 N–H and O–H groups in total. The molecule has 0 amide bonds. The molecule has 0 spiro atoms. The predicted molar refractivity (Wildman–Crippen MR) is 114 cm³/mol. The van der Waals surface area contributed by atoms with Crippen LogP contribution >= 0.6 is 11.8 Å². The van der Waals surface area contributed by atoms with E-state index in [4.69, 9.17) is 4.98 Å². The van der Waals surface area contributed by atoms with E-state index in [1.165, 1.54) is 17.5 Å². The first-order chi connectivity index (χ1) is 13.6. The SMILES string of the molecule is CCCC(C(=O)O)c1c(C)nc2cc3c(cc2c1Sc1ccccc1)CCC3. The Labute approximate surface area is 170 Å². The normalized spacial score (nSPS) is 14.2. The van der Waals surface area contributed by atoms with Gasteiger partial charge >= 0.3 is 5.97 Å². The van der Waals surface area contributed by atoms with Crippen molar-refractivity contribution < 1.29 is 9.90 Å². The van der Waals surface area contributed by atoms with Crippen molar-refractivity contribution in [2.75, 3.05) is 0 Å². The third-order valence-corrected chi connectivity index (χ3v) is 6.72. The number of benzene rings is 2. The smallest absolute Gasteiger partial charge is 0.311 e. The summed E-state index contributed by atoms with van der Waals surface area (Å²) in [5, 5.41) is 11.1. The van der Waals surface area contributed by atoms with Crippen molar-refractivity contribution in [3.05, 3.63) is 64.8 Å². The van der Waals surface area contributed by atoms with Gasteiger partial charge in [-0.25, -0.2) is 0 Å². The summed E-state index contributed by atoms with van der Waals surface area (Å²) in [6.07, 6.45) is 4.85. The van der Waals surface area contributed by atoms with Crippen molar-refractivity contribution in [1.82, 2.24) is 4.98 Å². The van der Waals surface area contributed by atoms with Crippen LogP contribution in [0.4, 0.5) is 0 Å². The molecule has 0 saturated heterocycles. The molecule has 3 aromatic rings. The highest BCUT2D eigenvalue weighted by Crippen LogP contribution is 2.42. The van der Waals surface area contributed by atoms with Gasteiger partial charge in [0.25, 0.3) is 0 Å². The molecule has 4 rings (SSSR count). The summed E-state index contributed by atoms with van der Waals surface area (Å²) in [5.74, 6) is -1.29. The van der Waals surface area contributed by atoms with Gasteiger partial charge < -0.3 is 5.11 Å². The molecule has 1 aromatic heterocycles. The lowest BCUT2D eigenvalue weighted by Crippen LogP contribution is -2.15. The summed E-state index contributed by atoms with van der Waals surface area (Å²) in [6, 6.07) is 14.7. The van der Waals surface area contributed by atoms with E-state index in [1.807, 2.05) is 32.0 Å². The van der Waals surface area contributed by atoms with Gasteiger partial charge in [-0.05, 0) is 68.0 Å². The summed E-state index contributed by atoms with van der Waals surface area (Å²) in [6.45, 7) is 4.00. The van der Waals surface area contributed by atoms with Gasteiger partial charge in [-0.15, -0.1) is 0 Å². The lowest BCUT2D eigenvalue weighted by molar-refractivity contribution is -0.139. The van der Waals surface area contributed by atoms with E-state index >= 15 is 0 Å². The van der Waals surface area contributed by atoms with Crippen molar-refractivity contribution in [3.8, 4) is 0 Å². The Morgan fingerprint density at radius 3 is 2.57 bits per heavy atom. The number of carbonyl (C=O) groups is 1. The fraction of sp³-hybridized carbons (Fsp3) is 0.333. The van der Waals surface area contributed by atoms with E-state index in [1.54, 1.807) is 11.8 Å². The van der Waals surface area contributed by atoms with Gasteiger partial charge in [-0.2, -0.15) is 0 Å². The van der Waals surface area contributed by atoms with Gasteiger partial charge in [0.05, 0.1) is 11.4 Å². The molecule has 0 bridgehead atoms. The van der Waals surface area contributed by atoms with Crippen LogP contribution in [0.2, 0.25) is 0 Å². The number of carboxylic acids is 1. The van der Waals surface area contributed by atoms with E-state index in [2.05, 4.69) is 24.3 Å². The first-order valence-corrected chi connectivity index (χ1v) is 10.8. The second kappa shape index (κ2) is 7.96. The van der Waals surface area contributed by atoms with E-state index in [9.17, 15) is 9.90 Å². The van der Waals surface area contributed by atoms with Crippen LogP contribution < -0.4 is 0 Å². The Kier molecular flexibility index (Phi) is 5.40. The minimum Gasteiger partial charge on any atom is -0.481 e. The zero-order valence-electron chi connectivity index (χ0n) is 16.4. The molecule has 3 nitrogen and oxygen atoms in total. The number of carboxylic acid groups (broad SMARTS) is 1. The maximum absolute atomic E-state index is 12.1. The van der Waals surface area contributed by atoms with E-state index < -0.39 is 11.9 Å². The molecule has 0 radical (unpaired) electrons. The Hall–Kier alpha value is -2.33. The van der Waals surface area contributed by atoms with Gasteiger partial charge in [-0.3, -0.25) is 9.78 Å². The third-order valence-electron chi connectivity index (χ3n) is 5.56. The van der Waals surface area contributed by atoms with Crippen LogP contribution in [0.1, 0.15) is 54.5 Å². The summed E-state index contributed by atoms with van der Waals surface area (Å²) in [5.41, 5.74) is 5.49. The highest BCUT2D eigenvalue weighted by Gasteiger charge is 2.27. The van der Waals surface area contributed by atoms with E-state index in [0.29, 0.717) is 6.42 Å². The minimum absolute atomic E-state index is 0.527. The van der Waals surface area contributed by atoms with Gasteiger partial charge in [-0.1, -0.05) is 43.3 Å². The topological polar surface area (TPSA) is 50.2 Å². The summed E-state index contributed by atoms with van der Waals surface area (Å²) >= 11 is 1.67. The van der Waals surface area contributed by atoms with Crippen LogP contribution in [-0.2, 0) is 17.6 Å². The highest BCUT2D eigenvalue weighted by atomic mass is 32.2. The second-order valence-electron chi connectivity index (χ2n) is 7.53. The molecular formula is C24H25NO2S. The summed E-state index contributed by atoms with van der Waals surface area (Å²) in [4.78, 5) is 19.2. The number of nitrogens with zero attached hydrogens (tertiary/aromatic N) is 1. The van der Waals surface area contributed by atoms with Gasteiger partial charge in [0.1, 0.15) is 0 Å². The average molecular weight is 392 g/mol. The molecule has 28 heavy (non-hydrogen) atoms. The molecule has 1 atom stereocenters. The molecule has 0 saturated carbocycles. The number of pyridine rings is 1. The number of hydrogen-bond donors (Lipinski definition) is 1. The summed E-state index contributed by atoms with van der Waals surface area (Å²) in [7, 11) is 0. The Balaban J connectivity index is 1.98. The maximum Gasteiger partial charge on any atom is 0.311 e. The van der Waals surface area contributed by atoms with E-state index in [0.717, 1.165) is 51.2 Å². The first kappa shape index (κ1) is 19.0. The van der Waals surface area contributed by atoms with Crippen LogP contribution in [0, 0.1) is 6.92 Å². The molecule has 1 heterocycles. The predicted octanol–water partition coefficient (Wildman–Crippen LogP) is 6.15. The number of aryl methyl sites for hydroxylation is 3. The quantitative estimate of drug-likeness (QED) is 0.547. The van der Waals surface area contributed by atoms with Gasteiger partial charge in [0, 0.05) is 26.4 Å². The number of aromatic nitrogens is 1.